The van der Waals surface area contributed by atoms with Crippen molar-refractivity contribution >= 4 is 11.6 Å². The van der Waals surface area contributed by atoms with Crippen LogP contribution in [0, 0.1) is 0 Å². The standard InChI is InChI=1S/C20H21N5/c1-2-8-17(9-3-1)20-23-18(22-15-16-7-6-10-21-14-16)13-19(24-20)25-11-4-5-12-25/h1-3,6-10,13-14H,4-5,11-12,15H2,(H,22,23,24). The highest BCUT2D eigenvalue weighted by atomic mass is 15.2. The van der Waals surface area contributed by atoms with Crippen molar-refractivity contribution in [2.24, 2.45) is 0 Å². The summed E-state index contributed by atoms with van der Waals surface area (Å²) in [6.45, 7) is 2.82. The highest BCUT2D eigenvalue weighted by molar-refractivity contribution is 5.62. The van der Waals surface area contributed by atoms with Crippen LogP contribution in [0.4, 0.5) is 11.6 Å². The van der Waals surface area contributed by atoms with Crippen LogP contribution in [0.2, 0.25) is 0 Å². The molecule has 126 valence electrons. The molecule has 2 aromatic heterocycles. The van der Waals surface area contributed by atoms with E-state index in [0.29, 0.717) is 6.54 Å². The van der Waals surface area contributed by atoms with Crippen LogP contribution in [0.1, 0.15) is 18.4 Å². The Morgan fingerprint density at radius 2 is 1.80 bits per heavy atom. The van der Waals surface area contributed by atoms with Crippen molar-refractivity contribution in [3.05, 3.63) is 66.5 Å². The van der Waals surface area contributed by atoms with E-state index in [1.165, 1.54) is 12.8 Å². The Bertz CT molecular complexity index is 814. The second-order valence-electron chi connectivity index (χ2n) is 6.21. The molecule has 0 spiro atoms. The van der Waals surface area contributed by atoms with Gasteiger partial charge in [-0.2, -0.15) is 0 Å². The maximum Gasteiger partial charge on any atom is 0.163 e. The molecule has 1 aliphatic rings. The summed E-state index contributed by atoms with van der Waals surface area (Å²) in [4.78, 5) is 16.0. The minimum atomic E-state index is 0.693. The quantitative estimate of drug-likeness (QED) is 0.771. The fraction of sp³-hybridized carbons (Fsp3) is 0.250. The van der Waals surface area contributed by atoms with Gasteiger partial charge in [-0.3, -0.25) is 4.98 Å². The average Bonchev–Trinajstić information content (AvgIpc) is 3.23. The van der Waals surface area contributed by atoms with Crippen molar-refractivity contribution in [1.82, 2.24) is 15.0 Å². The predicted octanol–water partition coefficient (Wildman–Crippen LogP) is 3.75. The lowest BCUT2D eigenvalue weighted by molar-refractivity contribution is 0.928. The molecule has 1 saturated heterocycles. The third-order valence-corrected chi connectivity index (χ3v) is 4.37. The van der Waals surface area contributed by atoms with Gasteiger partial charge in [-0.25, -0.2) is 9.97 Å². The summed E-state index contributed by atoms with van der Waals surface area (Å²) in [5.74, 6) is 2.61. The van der Waals surface area contributed by atoms with Gasteiger partial charge in [-0.05, 0) is 24.5 Å². The minimum Gasteiger partial charge on any atom is -0.366 e. The number of nitrogens with one attached hydrogen (secondary N) is 1. The van der Waals surface area contributed by atoms with Gasteiger partial charge in [0.05, 0.1) is 0 Å². The van der Waals surface area contributed by atoms with Crippen LogP contribution >= 0.6 is 0 Å². The number of nitrogens with zero attached hydrogens (tertiary/aromatic N) is 4. The van der Waals surface area contributed by atoms with Crippen LogP contribution in [0.3, 0.4) is 0 Å². The van der Waals surface area contributed by atoms with E-state index < -0.39 is 0 Å². The molecule has 0 atom stereocenters. The van der Waals surface area contributed by atoms with E-state index in [1.807, 2.05) is 48.7 Å². The van der Waals surface area contributed by atoms with Crippen LogP contribution < -0.4 is 10.2 Å². The summed E-state index contributed by atoms with van der Waals surface area (Å²) >= 11 is 0. The number of benzene rings is 1. The van der Waals surface area contributed by atoms with Crippen molar-refractivity contribution in [2.45, 2.75) is 19.4 Å². The second-order valence-corrected chi connectivity index (χ2v) is 6.21. The van der Waals surface area contributed by atoms with E-state index >= 15 is 0 Å². The van der Waals surface area contributed by atoms with E-state index in [4.69, 9.17) is 9.97 Å². The molecule has 25 heavy (non-hydrogen) atoms. The van der Waals surface area contributed by atoms with Crippen LogP contribution in [0.15, 0.2) is 60.9 Å². The number of aromatic nitrogens is 3. The van der Waals surface area contributed by atoms with E-state index in [2.05, 4.69) is 21.3 Å². The highest BCUT2D eigenvalue weighted by Crippen LogP contribution is 2.25. The molecule has 1 aromatic carbocycles. The van der Waals surface area contributed by atoms with Crippen molar-refractivity contribution in [2.75, 3.05) is 23.3 Å². The summed E-state index contributed by atoms with van der Waals surface area (Å²) in [5.41, 5.74) is 2.16. The molecule has 5 heteroatoms. The zero-order chi connectivity index (χ0) is 16.9. The topological polar surface area (TPSA) is 53.9 Å². The fourth-order valence-corrected chi connectivity index (χ4v) is 3.04. The molecular weight excluding hydrogens is 310 g/mol. The lowest BCUT2D eigenvalue weighted by atomic mass is 10.2. The Hall–Kier alpha value is -2.95. The zero-order valence-corrected chi connectivity index (χ0v) is 14.1. The summed E-state index contributed by atoms with van der Waals surface area (Å²) in [6, 6.07) is 16.2. The normalized spacial score (nSPS) is 13.8. The Labute approximate surface area is 147 Å². The number of pyridine rings is 1. The highest BCUT2D eigenvalue weighted by Gasteiger charge is 2.16. The first-order valence-electron chi connectivity index (χ1n) is 8.71. The molecule has 0 saturated carbocycles. The first-order valence-corrected chi connectivity index (χ1v) is 8.71. The van der Waals surface area contributed by atoms with Gasteiger partial charge in [0.25, 0.3) is 0 Å². The van der Waals surface area contributed by atoms with Crippen LogP contribution in [-0.4, -0.2) is 28.0 Å². The van der Waals surface area contributed by atoms with E-state index in [9.17, 15) is 0 Å². The molecule has 0 unspecified atom stereocenters. The molecule has 3 heterocycles. The van der Waals surface area contributed by atoms with E-state index in [0.717, 1.165) is 41.7 Å². The van der Waals surface area contributed by atoms with Crippen molar-refractivity contribution in [3.8, 4) is 11.4 Å². The lowest BCUT2D eigenvalue weighted by Gasteiger charge is -2.18. The Morgan fingerprint density at radius 1 is 0.960 bits per heavy atom. The summed E-state index contributed by atoms with van der Waals surface area (Å²) in [7, 11) is 0. The van der Waals surface area contributed by atoms with Gasteiger partial charge in [-0.1, -0.05) is 36.4 Å². The van der Waals surface area contributed by atoms with Crippen molar-refractivity contribution < 1.29 is 0 Å². The van der Waals surface area contributed by atoms with Crippen LogP contribution in [0.5, 0.6) is 0 Å². The molecule has 3 aromatic rings. The maximum atomic E-state index is 4.80. The fourth-order valence-electron chi connectivity index (χ4n) is 3.04. The molecule has 4 rings (SSSR count). The molecule has 0 radical (unpaired) electrons. The maximum absolute atomic E-state index is 4.80. The Morgan fingerprint density at radius 3 is 2.56 bits per heavy atom. The summed E-state index contributed by atoms with van der Waals surface area (Å²) in [5, 5.41) is 3.42. The minimum absolute atomic E-state index is 0.693. The van der Waals surface area contributed by atoms with Gasteiger partial charge >= 0.3 is 0 Å². The average molecular weight is 331 g/mol. The molecule has 0 amide bonds. The lowest BCUT2D eigenvalue weighted by Crippen LogP contribution is -2.20. The molecule has 1 N–H and O–H groups in total. The van der Waals surface area contributed by atoms with Gasteiger partial charge in [0.2, 0.25) is 0 Å². The number of rotatable bonds is 5. The van der Waals surface area contributed by atoms with Crippen LogP contribution in [-0.2, 0) is 6.54 Å². The molecule has 1 fully saturated rings. The molecule has 1 aliphatic heterocycles. The van der Waals surface area contributed by atoms with Gasteiger partial charge in [0, 0.05) is 43.7 Å². The van der Waals surface area contributed by atoms with Gasteiger partial charge in [0.1, 0.15) is 11.6 Å². The third kappa shape index (κ3) is 3.76. The monoisotopic (exact) mass is 331 g/mol. The van der Waals surface area contributed by atoms with E-state index in [-0.39, 0.29) is 0 Å². The Balaban J connectivity index is 1.63. The SMILES string of the molecule is c1ccc(-c2nc(NCc3cccnc3)cc(N3CCCC3)n2)cc1. The second kappa shape index (κ2) is 7.30. The largest absolute Gasteiger partial charge is 0.366 e. The van der Waals surface area contributed by atoms with Crippen molar-refractivity contribution in [3.63, 3.8) is 0 Å². The third-order valence-electron chi connectivity index (χ3n) is 4.37. The summed E-state index contributed by atoms with van der Waals surface area (Å²) in [6.07, 6.45) is 6.10. The number of hydrogen-bond donors (Lipinski definition) is 1. The first-order chi connectivity index (χ1) is 12.4. The number of hydrogen-bond acceptors (Lipinski definition) is 5. The molecular formula is C20H21N5. The predicted molar refractivity (Wildman–Crippen MR) is 100 cm³/mol. The first kappa shape index (κ1) is 15.6. The zero-order valence-electron chi connectivity index (χ0n) is 14.1. The Kier molecular flexibility index (Phi) is 4.55. The van der Waals surface area contributed by atoms with Gasteiger partial charge in [0.15, 0.2) is 5.82 Å². The van der Waals surface area contributed by atoms with Crippen LogP contribution in [0.25, 0.3) is 11.4 Å². The molecule has 5 nitrogen and oxygen atoms in total. The van der Waals surface area contributed by atoms with Gasteiger partial charge in [-0.15, -0.1) is 0 Å². The van der Waals surface area contributed by atoms with E-state index in [1.54, 1.807) is 6.20 Å². The molecule has 0 bridgehead atoms. The van der Waals surface area contributed by atoms with Crippen molar-refractivity contribution in [1.29, 1.82) is 0 Å². The number of anilines is 2. The smallest absolute Gasteiger partial charge is 0.163 e. The molecule has 0 aliphatic carbocycles. The summed E-state index contributed by atoms with van der Waals surface area (Å²) < 4.78 is 0. The van der Waals surface area contributed by atoms with Gasteiger partial charge < -0.3 is 10.2 Å².